The van der Waals surface area contributed by atoms with Gasteiger partial charge in [0.05, 0.1) is 13.2 Å². The van der Waals surface area contributed by atoms with Gasteiger partial charge in [0, 0.05) is 7.05 Å². The summed E-state index contributed by atoms with van der Waals surface area (Å²) in [6.45, 7) is 1.71. The number of para-hydroxylation sites is 1. The molecule has 0 aliphatic heterocycles. The maximum absolute atomic E-state index is 13.5. The molecule has 0 aromatic heterocycles. The minimum atomic E-state index is -0.480. The van der Waals surface area contributed by atoms with E-state index in [1.165, 1.54) is 12.1 Å². The molecule has 0 heterocycles. The van der Waals surface area contributed by atoms with E-state index in [9.17, 15) is 9.18 Å². The average Bonchev–Trinajstić information content (AvgIpc) is 2.59. The van der Waals surface area contributed by atoms with Gasteiger partial charge >= 0.3 is 0 Å². The Hall–Kier alpha value is -2.56. The van der Waals surface area contributed by atoms with Crippen LogP contribution in [0.5, 0.6) is 11.5 Å². The van der Waals surface area contributed by atoms with Gasteiger partial charge in [0.15, 0.2) is 18.2 Å². The molecule has 1 atom stereocenters. The fraction of sp³-hybridized carbons (Fsp3) is 0.278. The minimum Gasteiger partial charge on any atom is -0.497 e. The number of hydrogen-bond acceptors (Lipinski definition) is 3. The van der Waals surface area contributed by atoms with E-state index in [-0.39, 0.29) is 24.3 Å². The number of rotatable bonds is 6. The third-order valence-electron chi connectivity index (χ3n) is 3.76. The molecule has 0 fully saturated rings. The van der Waals surface area contributed by atoms with Crippen molar-refractivity contribution < 1.29 is 18.7 Å². The minimum absolute atomic E-state index is 0.0753. The van der Waals surface area contributed by atoms with Crippen LogP contribution in [0.4, 0.5) is 4.39 Å². The van der Waals surface area contributed by atoms with Crippen molar-refractivity contribution in [2.24, 2.45) is 0 Å². The van der Waals surface area contributed by atoms with Crippen molar-refractivity contribution in [1.29, 1.82) is 0 Å². The molecule has 0 radical (unpaired) electrons. The third kappa shape index (κ3) is 4.22. The Labute approximate surface area is 135 Å². The van der Waals surface area contributed by atoms with Crippen molar-refractivity contribution >= 4 is 5.91 Å². The van der Waals surface area contributed by atoms with E-state index in [0.717, 1.165) is 11.3 Å². The number of ether oxygens (including phenoxy) is 2. The standard InChI is InChI=1S/C18H20FNO3/c1-13(14-8-10-15(22-3)11-9-14)20(2)18(21)12-23-17-7-5-4-6-16(17)19/h4-11,13H,12H2,1-3H3. The topological polar surface area (TPSA) is 38.8 Å². The van der Waals surface area contributed by atoms with Gasteiger partial charge in [0.2, 0.25) is 0 Å². The lowest BCUT2D eigenvalue weighted by atomic mass is 10.1. The summed E-state index contributed by atoms with van der Waals surface area (Å²) >= 11 is 0. The second-order valence-electron chi connectivity index (χ2n) is 5.17. The lowest BCUT2D eigenvalue weighted by molar-refractivity contribution is -0.134. The highest BCUT2D eigenvalue weighted by molar-refractivity contribution is 5.78. The zero-order valence-electron chi connectivity index (χ0n) is 13.5. The van der Waals surface area contributed by atoms with Crippen LogP contribution in [0.3, 0.4) is 0 Å². The molecule has 2 aromatic rings. The van der Waals surface area contributed by atoms with E-state index in [1.54, 1.807) is 31.2 Å². The Morgan fingerprint density at radius 1 is 1.17 bits per heavy atom. The fourth-order valence-electron chi connectivity index (χ4n) is 2.13. The van der Waals surface area contributed by atoms with Crippen LogP contribution in [0.2, 0.25) is 0 Å². The highest BCUT2D eigenvalue weighted by atomic mass is 19.1. The average molecular weight is 317 g/mol. The molecule has 1 unspecified atom stereocenters. The first-order valence-corrected chi connectivity index (χ1v) is 7.30. The van der Waals surface area contributed by atoms with Crippen LogP contribution in [0.15, 0.2) is 48.5 Å². The second-order valence-corrected chi connectivity index (χ2v) is 5.17. The number of amides is 1. The Kier molecular flexibility index (Phi) is 5.57. The number of carbonyl (C=O) groups is 1. The van der Waals surface area contributed by atoms with Crippen LogP contribution >= 0.6 is 0 Å². The normalized spacial score (nSPS) is 11.7. The number of halogens is 1. The molecule has 0 aliphatic rings. The van der Waals surface area contributed by atoms with Crippen LogP contribution in [0.1, 0.15) is 18.5 Å². The van der Waals surface area contributed by atoms with Crippen molar-refractivity contribution in [2.45, 2.75) is 13.0 Å². The maximum atomic E-state index is 13.5. The molecule has 0 spiro atoms. The molecule has 23 heavy (non-hydrogen) atoms. The number of carbonyl (C=O) groups excluding carboxylic acids is 1. The van der Waals surface area contributed by atoms with Gasteiger partial charge in [0.25, 0.3) is 5.91 Å². The summed E-state index contributed by atoms with van der Waals surface area (Å²) in [5.74, 6) is 0.131. The second kappa shape index (κ2) is 7.63. The van der Waals surface area contributed by atoms with Crippen molar-refractivity contribution in [3.8, 4) is 11.5 Å². The van der Waals surface area contributed by atoms with Gasteiger partial charge < -0.3 is 14.4 Å². The molecule has 0 aliphatic carbocycles. The van der Waals surface area contributed by atoms with Crippen LogP contribution in [-0.2, 0) is 4.79 Å². The summed E-state index contributed by atoms with van der Waals surface area (Å²) in [6.07, 6.45) is 0. The summed E-state index contributed by atoms with van der Waals surface area (Å²) in [4.78, 5) is 13.8. The summed E-state index contributed by atoms with van der Waals surface area (Å²) in [5, 5.41) is 0. The molecule has 1 amide bonds. The first-order chi connectivity index (χ1) is 11.0. The Bertz CT molecular complexity index is 658. The van der Waals surface area contributed by atoms with Crippen LogP contribution in [-0.4, -0.2) is 31.6 Å². The molecule has 4 nitrogen and oxygen atoms in total. The molecule has 2 rings (SSSR count). The smallest absolute Gasteiger partial charge is 0.260 e. The Balaban J connectivity index is 1.96. The van der Waals surface area contributed by atoms with Gasteiger partial charge in [-0.25, -0.2) is 4.39 Å². The lowest BCUT2D eigenvalue weighted by Crippen LogP contribution is -2.33. The molecule has 0 saturated heterocycles. The van der Waals surface area contributed by atoms with Gasteiger partial charge in [-0.1, -0.05) is 24.3 Å². The van der Waals surface area contributed by atoms with Crippen molar-refractivity contribution in [2.75, 3.05) is 20.8 Å². The van der Waals surface area contributed by atoms with Gasteiger partial charge in [-0.15, -0.1) is 0 Å². The number of hydrogen-bond donors (Lipinski definition) is 0. The summed E-state index contributed by atoms with van der Waals surface area (Å²) < 4.78 is 23.8. The highest BCUT2D eigenvalue weighted by Gasteiger charge is 2.18. The van der Waals surface area contributed by atoms with Gasteiger partial charge in [-0.05, 0) is 36.8 Å². The maximum Gasteiger partial charge on any atom is 0.260 e. The predicted octanol–water partition coefficient (Wildman–Crippen LogP) is 3.43. The van der Waals surface area contributed by atoms with Crippen molar-refractivity contribution in [1.82, 2.24) is 4.90 Å². The number of likely N-dealkylation sites (N-methyl/N-ethyl adjacent to an activating group) is 1. The van der Waals surface area contributed by atoms with E-state index in [1.807, 2.05) is 31.2 Å². The first-order valence-electron chi connectivity index (χ1n) is 7.30. The van der Waals surface area contributed by atoms with Crippen molar-refractivity contribution in [3.05, 3.63) is 59.9 Å². The fourth-order valence-corrected chi connectivity index (χ4v) is 2.13. The van der Waals surface area contributed by atoms with Crippen LogP contribution in [0.25, 0.3) is 0 Å². The number of nitrogens with zero attached hydrogens (tertiary/aromatic N) is 1. The van der Waals surface area contributed by atoms with Crippen molar-refractivity contribution in [3.63, 3.8) is 0 Å². The summed E-state index contributed by atoms with van der Waals surface area (Å²) in [7, 11) is 3.30. The van der Waals surface area contributed by atoms with Crippen LogP contribution < -0.4 is 9.47 Å². The summed E-state index contributed by atoms with van der Waals surface area (Å²) in [6, 6.07) is 13.4. The molecule has 0 bridgehead atoms. The highest BCUT2D eigenvalue weighted by Crippen LogP contribution is 2.22. The first kappa shape index (κ1) is 16.8. The van der Waals surface area contributed by atoms with E-state index >= 15 is 0 Å². The Morgan fingerprint density at radius 3 is 2.43 bits per heavy atom. The Morgan fingerprint density at radius 2 is 1.83 bits per heavy atom. The monoisotopic (exact) mass is 317 g/mol. The molecule has 5 heteroatoms. The third-order valence-corrected chi connectivity index (χ3v) is 3.76. The van der Waals surface area contributed by atoms with E-state index in [0.29, 0.717) is 0 Å². The van der Waals surface area contributed by atoms with Gasteiger partial charge in [-0.3, -0.25) is 4.79 Å². The predicted molar refractivity (Wildman–Crippen MR) is 86.1 cm³/mol. The number of benzene rings is 2. The van der Waals surface area contributed by atoms with Gasteiger partial charge in [0.1, 0.15) is 5.75 Å². The van der Waals surface area contributed by atoms with E-state index in [4.69, 9.17) is 9.47 Å². The van der Waals surface area contributed by atoms with E-state index in [2.05, 4.69) is 0 Å². The molecule has 2 aromatic carbocycles. The quantitative estimate of drug-likeness (QED) is 0.819. The molecule has 0 saturated carbocycles. The zero-order valence-corrected chi connectivity index (χ0v) is 13.5. The zero-order chi connectivity index (χ0) is 16.8. The van der Waals surface area contributed by atoms with E-state index < -0.39 is 5.82 Å². The van der Waals surface area contributed by atoms with Crippen LogP contribution in [0, 0.1) is 5.82 Å². The largest absolute Gasteiger partial charge is 0.497 e. The molecular weight excluding hydrogens is 297 g/mol. The molecule has 122 valence electrons. The molecule has 0 N–H and O–H groups in total. The summed E-state index contributed by atoms with van der Waals surface area (Å²) in [5.41, 5.74) is 0.979. The van der Waals surface area contributed by atoms with Gasteiger partial charge in [-0.2, -0.15) is 0 Å². The lowest BCUT2D eigenvalue weighted by Gasteiger charge is -2.25. The number of methoxy groups -OCH3 is 1. The molecular formula is C18H20FNO3. The SMILES string of the molecule is COc1ccc(C(C)N(C)C(=O)COc2ccccc2F)cc1.